The Balaban J connectivity index is 1.94. The van der Waals surface area contributed by atoms with E-state index in [9.17, 15) is 13.2 Å². The molecule has 0 saturated heterocycles. The molecule has 0 amide bonds. The molecule has 0 aromatic heterocycles. The molecule has 2 N–H and O–H groups in total. The van der Waals surface area contributed by atoms with Crippen LogP contribution in [-0.4, -0.2) is 26.8 Å². The van der Waals surface area contributed by atoms with Crippen molar-refractivity contribution < 1.29 is 17.9 Å². The van der Waals surface area contributed by atoms with Gasteiger partial charge in [-0.15, -0.1) is 0 Å². The van der Waals surface area contributed by atoms with Gasteiger partial charge in [0.15, 0.2) is 0 Å². The first-order valence-electron chi connectivity index (χ1n) is 7.11. The van der Waals surface area contributed by atoms with Gasteiger partial charge in [0.25, 0.3) is 0 Å². The largest absolute Gasteiger partial charge is 0.416 e. The molecule has 1 aromatic rings. The highest BCUT2D eigenvalue weighted by molar-refractivity contribution is 5.51. The maximum Gasteiger partial charge on any atom is 0.416 e. The molecule has 0 bridgehead atoms. The topological polar surface area (TPSA) is 38.5 Å². The van der Waals surface area contributed by atoms with Crippen LogP contribution in [-0.2, 0) is 17.5 Å². The van der Waals surface area contributed by atoms with Gasteiger partial charge < -0.3 is 15.4 Å². The minimum atomic E-state index is -4.36. The van der Waals surface area contributed by atoms with E-state index >= 15 is 0 Å². The zero-order valence-electron chi connectivity index (χ0n) is 12.1. The lowest BCUT2D eigenvalue weighted by molar-refractivity contribution is -0.138. The van der Waals surface area contributed by atoms with Gasteiger partial charge in [0.2, 0.25) is 0 Å². The number of rotatable bonds is 7. The molecule has 0 atom stereocenters. The van der Waals surface area contributed by atoms with Crippen LogP contribution in [0.15, 0.2) is 18.2 Å². The second-order valence-electron chi connectivity index (χ2n) is 5.48. The second kappa shape index (κ2) is 6.66. The zero-order chi connectivity index (χ0) is 15.5. The summed E-state index contributed by atoms with van der Waals surface area (Å²) in [6.45, 7) is 1.87. The fourth-order valence-electron chi connectivity index (χ4n) is 2.13. The Kier molecular flexibility index (Phi) is 5.11. The molecule has 0 aliphatic heterocycles. The maximum atomic E-state index is 12.8. The molecule has 21 heavy (non-hydrogen) atoms. The highest BCUT2D eigenvalue weighted by atomic mass is 19.4. The Morgan fingerprint density at radius 1 is 1.33 bits per heavy atom. The van der Waals surface area contributed by atoms with Gasteiger partial charge >= 0.3 is 6.18 Å². The molecular weight excluding hydrogens is 281 g/mol. The first-order valence-corrected chi connectivity index (χ1v) is 7.11. The van der Waals surface area contributed by atoms with E-state index in [1.54, 1.807) is 0 Å². The van der Waals surface area contributed by atoms with Crippen LogP contribution in [0.1, 0.15) is 24.0 Å². The highest BCUT2D eigenvalue weighted by Crippen LogP contribution is 2.33. The average Bonchev–Trinajstić information content (AvgIpc) is 3.25. The van der Waals surface area contributed by atoms with Crippen molar-refractivity contribution >= 4 is 5.69 Å². The smallest absolute Gasteiger partial charge is 0.379 e. The number of benzene rings is 1. The summed E-state index contributed by atoms with van der Waals surface area (Å²) in [6, 6.07) is 4.08. The predicted molar refractivity (Wildman–Crippen MR) is 76.1 cm³/mol. The van der Waals surface area contributed by atoms with Crippen molar-refractivity contribution in [3.05, 3.63) is 29.3 Å². The predicted octanol–water partition coefficient (Wildman–Crippen LogP) is 3.03. The molecule has 0 radical (unpaired) electrons. The molecular formula is C15H21F3N2O. The van der Waals surface area contributed by atoms with Gasteiger partial charge in [0.05, 0.1) is 12.2 Å². The van der Waals surface area contributed by atoms with Crippen LogP contribution >= 0.6 is 0 Å². The van der Waals surface area contributed by atoms with Crippen LogP contribution in [0.5, 0.6) is 0 Å². The lowest BCUT2D eigenvalue weighted by atomic mass is 10.1. The number of likely N-dealkylation sites (N-methyl/N-ethyl adjacent to an activating group) is 1. The van der Waals surface area contributed by atoms with Crippen molar-refractivity contribution in [3.8, 4) is 0 Å². The fraction of sp³-hybridized carbons (Fsp3) is 0.600. The third kappa shape index (κ3) is 4.61. The van der Waals surface area contributed by atoms with E-state index in [1.165, 1.54) is 25.0 Å². The Morgan fingerprint density at radius 2 is 2.05 bits per heavy atom. The van der Waals surface area contributed by atoms with Crippen LogP contribution in [0.25, 0.3) is 0 Å². The Bertz CT molecular complexity index is 472. The van der Waals surface area contributed by atoms with Crippen molar-refractivity contribution in [1.82, 2.24) is 0 Å². The van der Waals surface area contributed by atoms with Crippen molar-refractivity contribution in [2.45, 2.75) is 25.6 Å². The normalized spacial score (nSPS) is 15.3. The number of ether oxygens (including phenoxy) is 1. The van der Waals surface area contributed by atoms with E-state index in [-0.39, 0.29) is 12.1 Å². The first-order chi connectivity index (χ1) is 9.91. The molecule has 0 heterocycles. The molecule has 1 fully saturated rings. The van der Waals surface area contributed by atoms with Crippen LogP contribution < -0.4 is 10.6 Å². The summed E-state index contributed by atoms with van der Waals surface area (Å²) >= 11 is 0. The number of anilines is 1. The number of hydrogen-bond donors (Lipinski definition) is 1. The van der Waals surface area contributed by atoms with Crippen molar-refractivity contribution in [2.75, 3.05) is 31.7 Å². The molecule has 0 spiro atoms. The molecule has 1 aliphatic carbocycles. The standard InChI is InChI=1S/C15H21F3N2O/c1-20(6-7-21-10-11-2-3-11)13-4-5-14(15(16,17)18)12(8-13)9-19/h4-5,8,11H,2-3,6-7,9-10,19H2,1H3. The zero-order valence-corrected chi connectivity index (χ0v) is 12.1. The SMILES string of the molecule is CN(CCOCC1CC1)c1ccc(C(F)(F)F)c(CN)c1. The average molecular weight is 302 g/mol. The van der Waals surface area contributed by atoms with Gasteiger partial charge in [-0.25, -0.2) is 0 Å². The lowest BCUT2D eigenvalue weighted by Crippen LogP contribution is -2.23. The van der Waals surface area contributed by atoms with Crippen LogP contribution in [0, 0.1) is 5.92 Å². The minimum absolute atomic E-state index is 0.116. The van der Waals surface area contributed by atoms with E-state index in [0.717, 1.165) is 18.4 Å². The monoisotopic (exact) mass is 302 g/mol. The van der Waals surface area contributed by atoms with Gasteiger partial charge in [0, 0.05) is 32.4 Å². The maximum absolute atomic E-state index is 12.8. The van der Waals surface area contributed by atoms with Crippen molar-refractivity contribution in [3.63, 3.8) is 0 Å². The molecule has 1 aliphatic rings. The highest BCUT2D eigenvalue weighted by Gasteiger charge is 2.33. The number of nitrogens with zero attached hydrogens (tertiary/aromatic N) is 1. The molecule has 118 valence electrons. The van der Waals surface area contributed by atoms with Crippen LogP contribution in [0.4, 0.5) is 18.9 Å². The summed E-state index contributed by atoms with van der Waals surface area (Å²) in [7, 11) is 1.84. The van der Waals surface area contributed by atoms with Crippen LogP contribution in [0.2, 0.25) is 0 Å². The summed E-state index contributed by atoms with van der Waals surface area (Å²) in [5.41, 5.74) is 5.61. The third-order valence-corrected chi connectivity index (χ3v) is 3.68. The van der Waals surface area contributed by atoms with Crippen molar-refractivity contribution in [1.29, 1.82) is 0 Å². The van der Waals surface area contributed by atoms with E-state index < -0.39 is 11.7 Å². The molecule has 0 unspecified atom stereocenters. The summed E-state index contributed by atoms with van der Waals surface area (Å²) in [5, 5.41) is 0. The van der Waals surface area contributed by atoms with E-state index in [2.05, 4.69) is 0 Å². The van der Waals surface area contributed by atoms with Gasteiger partial charge in [-0.1, -0.05) is 0 Å². The van der Waals surface area contributed by atoms with E-state index in [0.29, 0.717) is 19.1 Å². The minimum Gasteiger partial charge on any atom is -0.379 e. The third-order valence-electron chi connectivity index (χ3n) is 3.68. The Hall–Kier alpha value is -1.27. The number of nitrogens with two attached hydrogens (primary N) is 1. The summed E-state index contributed by atoms with van der Waals surface area (Å²) in [5.74, 6) is 0.713. The van der Waals surface area contributed by atoms with E-state index in [1.807, 2.05) is 11.9 Å². The van der Waals surface area contributed by atoms with Crippen LogP contribution in [0.3, 0.4) is 0 Å². The fourth-order valence-corrected chi connectivity index (χ4v) is 2.13. The van der Waals surface area contributed by atoms with Crippen molar-refractivity contribution in [2.24, 2.45) is 11.7 Å². The van der Waals surface area contributed by atoms with Gasteiger partial charge in [0.1, 0.15) is 0 Å². The molecule has 1 aromatic carbocycles. The molecule has 3 nitrogen and oxygen atoms in total. The Morgan fingerprint density at radius 3 is 2.62 bits per heavy atom. The Labute approximate surface area is 122 Å². The quantitative estimate of drug-likeness (QED) is 0.787. The summed E-state index contributed by atoms with van der Waals surface area (Å²) < 4.78 is 44.0. The number of hydrogen-bond acceptors (Lipinski definition) is 3. The lowest BCUT2D eigenvalue weighted by Gasteiger charge is -2.21. The number of halogens is 3. The van der Waals surface area contributed by atoms with E-state index in [4.69, 9.17) is 10.5 Å². The second-order valence-corrected chi connectivity index (χ2v) is 5.48. The first kappa shape index (κ1) is 16.1. The molecule has 6 heteroatoms. The van der Waals surface area contributed by atoms with Gasteiger partial charge in [-0.3, -0.25) is 0 Å². The number of alkyl halides is 3. The molecule has 2 rings (SSSR count). The van der Waals surface area contributed by atoms with Gasteiger partial charge in [-0.2, -0.15) is 13.2 Å². The molecule has 1 saturated carbocycles. The summed E-state index contributed by atoms with van der Waals surface area (Å²) in [6.07, 6.45) is -1.87. The summed E-state index contributed by atoms with van der Waals surface area (Å²) in [4.78, 5) is 1.88. The van der Waals surface area contributed by atoms with Gasteiger partial charge in [-0.05, 0) is 42.5 Å².